The van der Waals surface area contributed by atoms with Crippen LogP contribution in [0.1, 0.15) is 37.1 Å². The van der Waals surface area contributed by atoms with E-state index in [0.29, 0.717) is 12.1 Å². The van der Waals surface area contributed by atoms with Crippen LogP contribution in [0.15, 0.2) is 73.3 Å². The molecule has 2 heterocycles. The van der Waals surface area contributed by atoms with Crippen LogP contribution in [-0.2, 0) is 38.4 Å². The Morgan fingerprint density at radius 1 is 0.818 bits per heavy atom. The van der Waals surface area contributed by atoms with Gasteiger partial charge in [0.05, 0.1) is 12.4 Å². The largest absolute Gasteiger partial charge is 0.480 e. The summed E-state index contributed by atoms with van der Waals surface area (Å²) < 4.78 is 0. The minimum atomic E-state index is -1.23. The molecule has 0 aliphatic heterocycles. The number of H-pyrrole nitrogens is 2. The van der Waals surface area contributed by atoms with Gasteiger partial charge < -0.3 is 36.8 Å². The molecule has 232 valence electrons. The standard InChI is InChI=1S/C32H39N7O5/c1-19(2)12-24(33)29(40)37-27(15-22-17-34-18-36-22)31(42)38-26(14-21-16-35-25-11-7-6-10-23(21)25)30(41)39-28(32(43)44)13-20-8-4-3-5-9-20/h3-11,16-19,24,26-28,35H,12-15,33H2,1-2H3,(H,34,36)(H,37,40)(H,38,42)(H,39,41)(H,43,44). The molecule has 4 rings (SSSR count). The summed E-state index contributed by atoms with van der Waals surface area (Å²) in [6.07, 6.45) is 5.37. The van der Waals surface area contributed by atoms with Gasteiger partial charge in [-0.1, -0.05) is 62.4 Å². The number of para-hydroxylation sites is 1. The van der Waals surface area contributed by atoms with Gasteiger partial charge in [-0.2, -0.15) is 0 Å². The molecule has 0 aliphatic rings. The van der Waals surface area contributed by atoms with E-state index in [-0.39, 0.29) is 25.2 Å². The van der Waals surface area contributed by atoms with Crippen molar-refractivity contribution in [3.05, 3.63) is 90.1 Å². The Morgan fingerprint density at radius 3 is 2.11 bits per heavy atom. The summed E-state index contributed by atoms with van der Waals surface area (Å²) in [6, 6.07) is 12.2. The Balaban J connectivity index is 1.59. The van der Waals surface area contributed by atoms with Crippen LogP contribution in [0.3, 0.4) is 0 Å². The highest BCUT2D eigenvalue weighted by Gasteiger charge is 2.31. The summed E-state index contributed by atoms with van der Waals surface area (Å²) in [7, 11) is 0. The molecule has 12 nitrogen and oxygen atoms in total. The number of aliphatic carboxylic acids is 1. The number of carbonyl (C=O) groups is 4. The Hall–Kier alpha value is -4.97. The molecular formula is C32H39N7O5. The van der Waals surface area contributed by atoms with Gasteiger partial charge in [-0.25, -0.2) is 9.78 Å². The number of amides is 3. The number of nitrogens with zero attached hydrogens (tertiary/aromatic N) is 1. The molecule has 0 saturated heterocycles. The molecule has 44 heavy (non-hydrogen) atoms. The molecule has 0 saturated carbocycles. The quantitative estimate of drug-likeness (QED) is 0.108. The van der Waals surface area contributed by atoms with E-state index in [1.165, 1.54) is 12.5 Å². The van der Waals surface area contributed by atoms with Gasteiger partial charge in [0.1, 0.15) is 18.1 Å². The fraction of sp³-hybridized carbons (Fsp3) is 0.344. The molecule has 0 radical (unpaired) electrons. The normalized spacial score (nSPS) is 14.0. The molecule has 0 spiro atoms. The second-order valence-corrected chi connectivity index (χ2v) is 11.3. The molecular weight excluding hydrogens is 562 g/mol. The minimum absolute atomic E-state index is 0.0575. The SMILES string of the molecule is CC(C)CC(N)C(=O)NC(Cc1cnc[nH]1)C(=O)NC(Cc1c[nH]c2ccccc12)C(=O)NC(Cc1ccccc1)C(=O)O. The number of carboxylic acid groups (broad SMARTS) is 1. The topological polar surface area (TPSA) is 195 Å². The van der Waals surface area contributed by atoms with Crippen molar-refractivity contribution in [2.75, 3.05) is 0 Å². The number of imidazole rings is 1. The summed E-state index contributed by atoms with van der Waals surface area (Å²) in [6.45, 7) is 3.88. The van der Waals surface area contributed by atoms with Crippen molar-refractivity contribution in [1.82, 2.24) is 30.9 Å². The maximum Gasteiger partial charge on any atom is 0.326 e. The van der Waals surface area contributed by atoms with Crippen LogP contribution in [0.5, 0.6) is 0 Å². The number of aromatic amines is 2. The predicted molar refractivity (Wildman–Crippen MR) is 165 cm³/mol. The first-order chi connectivity index (χ1) is 21.1. The lowest BCUT2D eigenvalue weighted by molar-refractivity contribution is -0.142. The molecule has 0 bridgehead atoms. The van der Waals surface area contributed by atoms with Gasteiger partial charge in [-0.3, -0.25) is 14.4 Å². The fourth-order valence-corrected chi connectivity index (χ4v) is 5.04. The van der Waals surface area contributed by atoms with Crippen molar-refractivity contribution < 1.29 is 24.3 Å². The molecule has 12 heteroatoms. The Bertz CT molecular complexity index is 1550. The van der Waals surface area contributed by atoms with E-state index in [4.69, 9.17) is 5.73 Å². The minimum Gasteiger partial charge on any atom is -0.480 e. The van der Waals surface area contributed by atoms with Gasteiger partial charge in [0.25, 0.3) is 0 Å². The monoisotopic (exact) mass is 601 g/mol. The molecule has 2 aromatic heterocycles. The van der Waals surface area contributed by atoms with Gasteiger partial charge in [0, 0.05) is 48.3 Å². The van der Waals surface area contributed by atoms with Crippen LogP contribution >= 0.6 is 0 Å². The van der Waals surface area contributed by atoms with Crippen molar-refractivity contribution in [1.29, 1.82) is 0 Å². The third-order valence-electron chi connectivity index (χ3n) is 7.30. The van der Waals surface area contributed by atoms with Gasteiger partial charge in [-0.05, 0) is 29.5 Å². The number of hydrogen-bond donors (Lipinski definition) is 7. The Morgan fingerprint density at radius 2 is 1.45 bits per heavy atom. The van der Waals surface area contributed by atoms with Gasteiger partial charge in [0.2, 0.25) is 17.7 Å². The third-order valence-corrected chi connectivity index (χ3v) is 7.30. The molecule has 0 aliphatic carbocycles. The van der Waals surface area contributed by atoms with E-state index in [2.05, 4.69) is 30.9 Å². The second kappa shape index (κ2) is 15.0. The zero-order valence-electron chi connectivity index (χ0n) is 24.7. The number of carbonyl (C=O) groups excluding carboxylic acids is 3. The number of nitrogens with two attached hydrogens (primary N) is 1. The number of nitrogens with one attached hydrogen (secondary N) is 5. The van der Waals surface area contributed by atoms with Crippen molar-refractivity contribution in [3.8, 4) is 0 Å². The van der Waals surface area contributed by atoms with Crippen LogP contribution in [-0.4, -0.2) is 67.9 Å². The highest BCUT2D eigenvalue weighted by atomic mass is 16.4. The first-order valence-corrected chi connectivity index (χ1v) is 14.6. The van der Waals surface area contributed by atoms with E-state index in [0.717, 1.165) is 22.0 Å². The predicted octanol–water partition coefficient (Wildman–Crippen LogP) is 1.83. The van der Waals surface area contributed by atoms with Crippen LogP contribution in [0, 0.1) is 5.92 Å². The van der Waals surface area contributed by atoms with Gasteiger partial charge in [-0.15, -0.1) is 0 Å². The highest BCUT2D eigenvalue weighted by molar-refractivity contribution is 5.95. The fourth-order valence-electron chi connectivity index (χ4n) is 5.04. The van der Waals surface area contributed by atoms with Crippen LogP contribution < -0.4 is 21.7 Å². The average Bonchev–Trinajstić information content (AvgIpc) is 3.66. The van der Waals surface area contributed by atoms with E-state index < -0.39 is 47.9 Å². The van der Waals surface area contributed by atoms with E-state index >= 15 is 0 Å². The Labute approximate surface area is 255 Å². The lowest BCUT2D eigenvalue weighted by Crippen LogP contribution is -2.58. The van der Waals surface area contributed by atoms with Crippen molar-refractivity contribution in [3.63, 3.8) is 0 Å². The molecule has 0 fully saturated rings. The van der Waals surface area contributed by atoms with Gasteiger partial charge >= 0.3 is 5.97 Å². The number of carboxylic acids is 1. The number of fused-ring (bicyclic) bond motifs is 1. The van der Waals surface area contributed by atoms with Gasteiger partial charge in [0.15, 0.2) is 0 Å². The number of hydrogen-bond acceptors (Lipinski definition) is 6. The summed E-state index contributed by atoms with van der Waals surface area (Å²) in [4.78, 5) is 62.7. The van der Waals surface area contributed by atoms with E-state index in [1.807, 2.05) is 44.2 Å². The number of aromatic nitrogens is 3. The average molecular weight is 602 g/mol. The lowest BCUT2D eigenvalue weighted by Gasteiger charge is -2.25. The zero-order valence-corrected chi connectivity index (χ0v) is 24.7. The molecule has 4 atom stereocenters. The molecule has 4 aromatic rings. The summed E-state index contributed by atoms with van der Waals surface area (Å²) in [5.41, 5.74) is 9.02. The van der Waals surface area contributed by atoms with Crippen molar-refractivity contribution in [2.45, 2.75) is 63.7 Å². The van der Waals surface area contributed by atoms with Crippen molar-refractivity contribution in [2.24, 2.45) is 11.7 Å². The first-order valence-electron chi connectivity index (χ1n) is 14.6. The highest BCUT2D eigenvalue weighted by Crippen LogP contribution is 2.19. The second-order valence-electron chi connectivity index (χ2n) is 11.3. The summed E-state index contributed by atoms with van der Waals surface area (Å²) >= 11 is 0. The molecule has 3 amide bonds. The lowest BCUT2D eigenvalue weighted by atomic mass is 10.0. The molecule has 8 N–H and O–H groups in total. The first kappa shape index (κ1) is 32.0. The molecule has 2 aromatic carbocycles. The smallest absolute Gasteiger partial charge is 0.326 e. The van der Waals surface area contributed by atoms with Crippen LogP contribution in [0.2, 0.25) is 0 Å². The maximum absolute atomic E-state index is 13.8. The number of benzene rings is 2. The summed E-state index contributed by atoms with van der Waals surface area (Å²) in [5, 5.41) is 18.9. The molecule has 4 unspecified atom stereocenters. The number of rotatable bonds is 15. The summed E-state index contributed by atoms with van der Waals surface area (Å²) in [5.74, 6) is -2.83. The zero-order chi connectivity index (χ0) is 31.6. The van der Waals surface area contributed by atoms with E-state index in [9.17, 15) is 24.3 Å². The van der Waals surface area contributed by atoms with Crippen LogP contribution in [0.25, 0.3) is 10.9 Å². The third kappa shape index (κ3) is 8.77. The Kier molecular flexibility index (Phi) is 10.9. The van der Waals surface area contributed by atoms with E-state index in [1.54, 1.807) is 30.5 Å². The van der Waals surface area contributed by atoms with Crippen molar-refractivity contribution >= 4 is 34.6 Å². The maximum atomic E-state index is 13.8. The van der Waals surface area contributed by atoms with Crippen LogP contribution in [0.4, 0.5) is 0 Å².